The summed E-state index contributed by atoms with van der Waals surface area (Å²) in [4.78, 5) is 23.5. The van der Waals surface area contributed by atoms with Gasteiger partial charge in [0.15, 0.2) is 0 Å². The van der Waals surface area contributed by atoms with E-state index in [4.69, 9.17) is 5.11 Å². The van der Waals surface area contributed by atoms with E-state index in [2.05, 4.69) is 0 Å². The van der Waals surface area contributed by atoms with Gasteiger partial charge in [-0.2, -0.15) is 0 Å². The second-order valence-electron chi connectivity index (χ2n) is 3.03. The molecule has 1 heterocycles. The minimum atomic E-state index is -0.906. The Morgan fingerprint density at radius 3 is 2.69 bits per heavy atom. The van der Waals surface area contributed by atoms with Crippen molar-refractivity contribution in [1.82, 2.24) is 4.90 Å². The molecule has 1 saturated heterocycles. The van der Waals surface area contributed by atoms with Crippen LogP contribution in [-0.2, 0) is 9.59 Å². The maximum Gasteiger partial charge on any atom is 0.305 e. The Kier molecular flexibility index (Phi) is 3.19. The molecule has 2 atom stereocenters. The molecule has 0 radical (unpaired) electrons. The van der Waals surface area contributed by atoms with Gasteiger partial charge < -0.3 is 10.0 Å². The van der Waals surface area contributed by atoms with Crippen LogP contribution in [0.1, 0.15) is 19.8 Å². The molecule has 74 valence electrons. The van der Waals surface area contributed by atoms with Crippen LogP contribution in [0.2, 0.25) is 0 Å². The predicted octanol–water partition coefficient (Wildman–Crippen LogP) is 0.771. The highest BCUT2D eigenvalue weighted by Gasteiger charge is 2.37. The third-order valence-corrected chi connectivity index (χ3v) is 3.75. The number of hydrogen-bond donors (Lipinski definition) is 1. The summed E-state index contributed by atoms with van der Waals surface area (Å²) in [6, 6.07) is 0. The van der Waals surface area contributed by atoms with Crippen LogP contribution in [0.15, 0.2) is 0 Å². The smallest absolute Gasteiger partial charge is 0.305 e. The van der Waals surface area contributed by atoms with Crippen molar-refractivity contribution in [2.45, 2.75) is 30.4 Å². The maximum atomic E-state index is 11.5. The summed E-state index contributed by atoms with van der Waals surface area (Å²) in [6.45, 7) is 1.99. The Balaban J connectivity index is 2.60. The number of thioether (sulfide) groups is 1. The summed E-state index contributed by atoms with van der Waals surface area (Å²) < 4.78 is 0. The van der Waals surface area contributed by atoms with Crippen LogP contribution >= 0.6 is 11.8 Å². The van der Waals surface area contributed by atoms with Crippen molar-refractivity contribution in [3.63, 3.8) is 0 Å². The Morgan fingerprint density at radius 1 is 1.69 bits per heavy atom. The Labute approximate surface area is 81.3 Å². The Morgan fingerprint density at radius 2 is 2.31 bits per heavy atom. The molecule has 0 aliphatic carbocycles. The van der Waals surface area contributed by atoms with Crippen molar-refractivity contribution in [3.05, 3.63) is 0 Å². The molecule has 1 aliphatic rings. The number of carbonyl (C=O) groups excluding carboxylic acids is 1. The summed E-state index contributed by atoms with van der Waals surface area (Å²) in [5.74, 6) is -0.963. The first-order valence-corrected chi connectivity index (χ1v) is 5.14. The Hall–Kier alpha value is -0.710. The molecule has 0 aromatic heterocycles. The zero-order valence-corrected chi connectivity index (χ0v) is 8.50. The van der Waals surface area contributed by atoms with Gasteiger partial charge in [0.1, 0.15) is 0 Å². The summed E-state index contributed by atoms with van der Waals surface area (Å²) in [6.07, 6.45) is 0.799. The molecule has 0 aromatic rings. The summed E-state index contributed by atoms with van der Waals surface area (Å²) in [7, 11) is 1.73. The molecule has 5 heteroatoms. The minimum absolute atomic E-state index is 0.0562. The molecule has 0 bridgehead atoms. The summed E-state index contributed by atoms with van der Waals surface area (Å²) in [5.41, 5.74) is 0. The second-order valence-corrected chi connectivity index (χ2v) is 4.42. The van der Waals surface area contributed by atoms with Crippen LogP contribution in [0.3, 0.4) is 0 Å². The normalized spacial score (nSPS) is 28.2. The number of carbonyl (C=O) groups is 2. The lowest BCUT2D eigenvalue weighted by Gasteiger charge is -2.15. The monoisotopic (exact) mass is 203 g/mol. The van der Waals surface area contributed by atoms with Gasteiger partial charge in [-0.25, -0.2) is 0 Å². The third kappa shape index (κ3) is 2.15. The molecule has 0 saturated carbocycles. The largest absolute Gasteiger partial charge is 0.481 e. The highest BCUT2D eigenvalue weighted by Crippen LogP contribution is 2.33. The van der Waals surface area contributed by atoms with Gasteiger partial charge in [0.25, 0.3) is 0 Å². The van der Waals surface area contributed by atoms with E-state index in [1.165, 1.54) is 11.8 Å². The first-order valence-electron chi connectivity index (χ1n) is 4.20. The van der Waals surface area contributed by atoms with Crippen LogP contribution in [0, 0.1) is 0 Å². The predicted molar refractivity (Wildman–Crippen MR) is 50.5 cm³/mol. The molecule has 1 aliphatic heterocycles. The first kappa shape index (κ1) is 10.4. The average Bonchev–Trinajstić information content (AvgIpc) is 2.32. The van der Waals surface area contributed by atoms with Gasteiger partial charge in [0.2, 0.25) is 5.91 Å². The van der Waals surface area contributed by atoms with Gasteiger partial charge >= 0.3 is 5.97 Å². The van der Waals surface area contributed by atoms with E-state index < -0.39 is 5.97 Å². The van der Waals surface area contributed by atoms with Crippen LogP contribution in [0.25, 0.3) is 0 Å². The van der Waals surface area contributed by atoms with Crippen molar-refractivity contribution >= 4 is 23.6 Å². The lowest BCUT2D eigenvalue weighted by molar-refractivity contribution is -0.139. The van der Waals surface area contributed by atoms with Gasteiger partial charge in [0, 0.05) is 7.05 Å². The average molecular weight is 203 g/mol. The van der Waals surface area contributed by atoms with Gasteiger partial charge in [-0.1, -0.05) is 6.92 Å². The molecular formula is C8H13NO3S. The third-order valence-electron chi connectivity index (χ3n) is 2.09. The number of carboxylic acid groups (broad SMARTS) is 1. The highest BCUT2D eigenvalue weighted by atomic mass is 32.2. The summed E-state index contributed by atoms with van der Waals surface area (Å²) >= 11 is 1.45. The molecule has 1 rings (SSSR count). The van der Waals surface area contributed by atoms with Crippen LogP contribution < -0.4 is 0 Å². The molecule has 0 aromatic carbocycles. The quantitative estimate of drug-likeness (QED) is 0.736. The lowest BCUT2D eigenvalue weighted by atomic mass is 10.3. The number of hydrogen-bond acceptors (Lipinski definition) is 3. The van der Waals surface area contributed by atoms with Crippen molar-refractivity contribution in [2.75, 3.05) is 7.05 Å². The standard InChI is InChI=1S/C8H13NO3S/c1-3-6-9(2)8(12)5(13-6)4-7(10)11/h5-6H,3-4H2,1-2H3,(H,10,11). The van der Waals surface area contributed by atoms with E-state index in [-0.39, 0.29) is 23.0 Å². The highest BCUT2D eigenvalue weighted by molar-refractivity contribution is 8.01. The molecule has 4 nitrogen and oxygen atoms in total. The van der Waals surface area contributed by atoms with Crippen molar-refractivity contribution < 1.29 is 14.7 Å². The number of aliphatic carboxylic acids is 1. The van der Waals surface area contributed by atoms with Gasteiger partial charge in [-0.3, -0.25) is 9.59 Å². The zero-order valence-electron chi connectivity index (χ0n) is 7.69. The molecule has 1 amide bonds. The van der Waals surface area contributed by atoms with Crippen LogP contribution in [-0.4, -0.2) is 39.6 Å². The molecule has 13 heavy (non-hydrogen) atoms. The van der Waals surface area contributed by atoms with Gasteiger partial charge in [-0.15, -0.1) is 11.8 Å². The minimum Gasteiger partial charge on any atom is -0.481 e. The molecule has 2 unspecified atom stereocenters. The fourth-order valence-electron chi connectivity index (χ4n) is 1.37. The SMILES string of the molecule is CCC1SC(CC(=O)O)C(=O)N1C. The number of rotatable bonds is 3. The lowest BCUT2D eigenvalue weighted by Crippen LogP contribution is -2.30. The van der Waals surface area contributed by atoms with E-state index >= 15 is 0 Å². The van der Waals surface area contributed by atoms with Crippen molar-refractivity contribution in [1.29, 1.82) is 0 Å². The maximum absolute atomic E-state index is 11.5. The number of carboxylic acids is 1. The van der Waals surface area contributed by atoms with E-state index in [1.54, 1.807) is 11.9 Å². The topological polar surface area (TPSA) is 57.6 Å². The van der Waals surface area contributed by atoms with Crippen LogP contribution in [0.4, 0.5) is 0 Å². The molecule has 1 fully saturated rings. The van der Waals surface area contributed by atoms with E-state index in [9.17, 15) is 9.59 Å². The van der Waals surface area contributed by atoms with Crippen molar-refractivity contribution in [2.24, 2.45) is 0 Å². The summed E-state index contributed by atoms with van der Waals surface area (Å²) in [5, 5.41) is 8.32. The number of amides is 1. The van der Waals surface area contributed by atoms with E-state index in [0.717, 1.165) is 6.42 Å². The van der Waals surface area contributed by atoms with Crippen LogP contribution in [0.5, 0.6) is 0 Å². The molecular weight excluding hydrogens is 190 g/mol. The number of nitrogens with zero attached hydrogens (tertiary/aromatic N) is 1. The fourth-order valence-corrected chi connectivity index (χ4v) is 2.75. The fraction of sp³-hybridized carbons (Fsp3) is 0.750. The molecule has 0 spiro atoms. The zero-order chi connectivity index (χ0) is 10.0. The second kappa shape index (κ2) is 4.00. The van der Waals surface area contributed by atoms with Gasteiger partial charge in [0.05, 0.1) is 17.0 Å². The Bertz CT molecular complexity index is 231. The van der Waals surface area contributed by atoms with E-state index in [1.807, 2.05) is 6.92 Å². The van der Waals surface area contributed by atoms with Gasteiger partial charge in [-0.05, 0) is 6.42 Å². The first-order chi connectivity index (χ1) is 6.06. The molecule has 1 N–H and O–H groups in total. The van der Waals surface area contributed by atoms with Crippen molar-refractivity contribution in [3.8, 4) is 0 Å². The van der Waals surface area contributed by atoms with E-state index in [0.29, 0.717) is 0 Å².